The highest BCUT2D eigenvalue weighted by atomic mass is 35.5. The van der Waals surface area contributed by atoms with Gasteiger partial charge in [-0.2, -0.15) is 0 Å². The van der Waals surface area contributed by atoms with E-state index < -0.39 is 23.1 Å². The topological polar surface area (TPSA) is 93.8 Å². The van der Waals surface area contributed by atoms with Gasteiger partial charge >= 0.3 is 6.03 Å². The highest BCUT2D eigenvalue weighted by Gasteiger charge is 2.23. The lowest BCUT2D eigenvalue weighted by Gasteiger charge is -2.26. The Morgan fingerprint density at radius 1 is 0.927 bits per heavy atom. The summed E-state index contributed by atoms with van der Waals surface area (Å²) in [5.41, 5.74) is 1.75. The number of hydrogen-bond donors (Lipinski definition) is 3. The molecule has 0 spiro atoms. The van der Waals surface area contributed by atoms with Crippen LogP contribution < -0.4 is 20.9 Å². The van der Waals surface area contributed by atoms with E-state index in [1.54, 1.807) is 35.2 Å². The van der Waals surface area contributed by atoms with Crippen molar-refractivity contribution in [1.82, 2.24) is 15.5 Å². The van der Waals surface area contributed by atoms with Crippen LogP contribution >= 0.6 is 23.2 Å². The molecule has 3 aromatic carbocycles. The van der Waals surface area contributed by atoms with Crippen LogP contribution in [0.25, 0.3) is 0 Å². The first-order chi connectivity index (χ1) is 19.7. The van der Waals surface area contributed by atoms with E-state index in [0.29, 0.717) is 61.1 Å². The summed E-state index contributed by atoms with van der Waals surface area (Å²) in [5.74, 6) is -1.46. The number of nitrogens with one attached hydrogen (secondary N) is 3. The fourth-order valence-corrected chi connectivity index (χ4v) is 5.01. The summed E-state index contributed by atoms with van der Waals surface area (Å²) >= 11 is 12.4. The first kappa shape index (κ1) is 30.1. The lowest BCUT2D eigenvalue weighted by atomic mass is 10.1. The van der Waals surface area contributed by atoms with Gasteiger partial charge in [-0.3, -0.25) is 9.59 Å². The number of hydrogen-bond acceptors (Lipinski definition) is 4. The minimum Gasteiger partial charge on any atom is -0.368 e. The SMILES string of the molecule is CCNC(=O)N1CCCN(c2ccc(C(=O)NC(Cl)Cc3ccc(Cl)cc3)cc2NC(=O)c2cccc(F)c2)CC1. The number of rotatable bonds is 8. The maximum Gasteiger partial charge on any atom is 0.317 e. The molecular weight excluding hydrogens is 568 g/mol. The van der Waals surface area contributed by atoms with Gasteiger partial charge in [0.25, 0.3) is 11.8 Å². The number of amides is 4. The van der Waals surface area contributed by atoms with Gasteiger partial charge in [-0.1, -0.05) is 41.4 Å². The van der Waals surface area contributed by atoms with Crippen molar-refractivity contribution >= 4 is 52.4 Å². The Morgan fingerprint density at radius 3 is 2.41 bits per heavy atom. The molecule has 0 aromatic heterocycles. The fourth-order valence-electron chi connectivity index (χ4n) is 4.61. The van der Waals surface area contributed by atoms with Crippen molar-refractivity contribution in [2.75, 3.05) is 42.9 Å². The Balaban J connectivity index is 1.55. The standard InChI is InChI=1S/C30H32Cl2FN5O3/c1-2-34-30(41)38-14-4-13-37(15-16-38)26-12-9-22(19-25(26)35-28(39)21-5-3-6-24(33)18-21)29(40)36-27(32)17-20-7-10-23(31)11-8-20/h3,5-12,18-19,27H,2,4,13-17H2,1H3,(H,34,41)(H,35,39)(H,36,40). The van der Waals surface area contributed by atoms with Crippen LogP contribution in [0.5, 0.6) is 0 Å². The summed E-state index contributed by atoms with van der Waals surface area (Å²) in [6.07, 6.45) is 1.11. The number of nitrogens with zero attached hydrogens (tertiary/aromatic N) is 2. The first-order valence-corrected chi connectivity index (χ1v) is 14.2. The average molecular weight is 601 g/mol. The van der Waals surface area contributed by atoms with Crippen LogP contribution in [0, 0.1) is 5.82 Å². The molecule has 4 amide bonds. The highest BCUT2D eigenvalue weighted by molar-refractivity contribution is 6.30. The Kier molecular flexibility index (Phi) is 10.4. The van der Waals surface area contributed by atoms with Gasteiger partial charge < -0.3 is 25.8 Å². The summed E-state index contributed by atoms with van der Waals surface area (Å²) in [5, 5.41) is 9.08. The molecule has 1 unspecified atom stereocenters. The number of carbonyl (C=O) groups is 3. The van der Waals surface area contributed by atoms with Gasteiger partial charge in [0.05, 0.1) is 11.4 Å². The fraction of sp³-hybridized carbons (Fsp3) is 0.300. The summed E-state index contributed by atoms with van der Waals surface area (Å²) in [6.45, 7) is 4.66. The van der Waals surface area contributed by atoms with E-state index in [0.717, 1.165) is 18.1 Å². The summed E-state index contributed by atoms with van der Waals surface area (Å²) < 4.78 is 13.8. The molecule has 1 saturated heterocycles. The van der Waals surface area contributed by atoms with E-state index in [1.165, 1.54) is 18.2 Å². The molecule has 1 aliphatic rings. The summed E-state index contributed by atoms with van der Waals surface area (Å²) in [4.78, 5) is 42.4. The largest absolute Gasteiger partial charge is 0.368 e. The summed E-state index contributed by atoms with van der Waals surface area (Å²) in [7, 11) is 0. The molecule has 1 aliphatic heterocycles. The minimum atomic E-state index is -0.681. The number of alkyl halides is 1. The smallest absolute Gasteiger partial charge is 0.317 e. The molecule has 3 aromatic rings. The third kappa shape index (κ3) is 8.34. The second-order valence-electron chi connectivity index (χ2n) is 9.63. The van der Waals surface area contributed by atoms with Crippen LogP contribution in [0.1, 0.15) is 39.6 Å². The van der Waals surface area contributed by atoms with Crippen molar-refractivity contribution in [2.24, 2.45) is 0 Å². The Bertz CT molecular complexity index is 1390. The molecular formula is C30H32Cl2FN5O3. The molecule has 216 valence electrons. The van der Waals surface area contributed by atoms with Gasteiger partial charge in [0.1, 0.15) is 11.3 Å². The molecule has 3 N–H and O–H groups in total. The predicted octanol–water partition coefficient (Wildman–Crippen LogP) is 5.51. The molecule has 0 saturated carbocycles. The third-order valence-electron chi connectivity index (χ3n) is 6.66. The van der Waals surface area contributed by atoms with Gasteiger partial charge in [0, 0.05) is 55.3 Å². The monoisotopic (exact) mass is 599 g/mol. The van der Waals surface area contributed by atoms with Crippen molar-refractivity contribution in [2.45, 2.75) is 25.3 Å². The molecule has 8 nitrogen and oxygen atoms in total. The van der Waals surface area contributed by atoms with Crippen molar-refractivity contribution < 1.29 is 18.8 Å². The number of anilines is 2. The zero-order valence-corrected chi connectivity index (χ0v) is 24.1. The number of halogens is 3. The maximum atomic E-state index is 13.8. The third-order valence-corrected chi connectivity index (χ3v) is 7.18. The number of urea groups is 1. The van der Waals surface area contributed by atoms with Crippen molar-refractivity contribution in [3.05, 3.63) is 94.3 Å². The number of benzene rings is 3. The van der Waals surface area contributed by atoms with E-state index in [2.05, 4.69) is 20.9 Å². The number of carbonyl (C=O) groups excluding carboxylic acids is 3. The first-order valence-electron chi connectivity index (χ1n) is 13.4. The quantitative estimate of drug-likeness (QED) is 0.235. The van der Waals surface area contributed by atoms with Crippen molar-refractivity contribution in [3.8, 4) is 0 Å². The van der Waals surface area contributed by atoms with Gasteiger partial charge in [-0.25, -0.2) is 9.18 Å². The second-order valence-corrected chi connectivity index (χ2v) is 10.6. The lowest BCUT2D eigenvalue weighted by Crippen LogP contribution is -2.42. The van der Waals surface area contributed by atoms with E-state index in [1.807, 2.05) is 19.1 Å². The van der Waals surface area contributed by atoms with Crippen LogP contribution in [0.4, 0.5) is 20.6 Å². The highest BCUT2D eigenvalue weighted by Crippen LogP contribution is 2.29. The molecule has 0 aliphatic carbocycles. The molecule has 1 fully saturated rings. The Morgan fingerprint density at radius 2 is 1.68 bits per heavy atom. The molecule has 4 rings (SSSR count). The van der Waals surface area contributed by atoms with Gasteiger partial charge in [-0.05, 0) is 67.4 Å². The van der Waals surface area contributed by atoms with E-state index in [4.69, 9.17) is 23.2 Å². The second kappa shape index (κ2) is 14.2. The average Bonchev–Trinajstić information content (AvgIpc) is 3.21. The van der Waals surface area contributed by atoms with Crippen LogP contribution in [-0.2, 0) is 6.42 Å². The molecule has 0 radical (unpaired) electrons. The molecule has 0 bridgehead atoms. The van der Waals surface area contributed by atoms with Crippen LogP contribution in [0.2, 0.25) is 5.02 Å². The lowest BCUT2D eigenvalue weighted by molar-refractivity contribution is 0.0947. The van der Waals surface area contributed by atoms with Crippen LogP contribution in [0.15, 0.2) is 66.7 Å². The summed E-state index contributed by atoms with van der Waals surface area (Å²) in [6, 6.07) is 17.5. The normalized spacial score (nSPS) is 14.1. The van der Waals surface area contributed by atoms with Gasteiger partial charge in [-0.15, -0.1) is 0 Å². The molecule has 1 atom stereocenters. The molecule has 1 heterocycles. The van der Waals surface area contributed by atoms with Crippen molar-refractivity contribution in [1.29, 1.82) is 0 Å². The van der Waals surface area contributed by atoms with Gasteiger partial charge in [0.15, 0.2) is 0 Å². The van der Waals surface area contributed by atoms with Gasteiger partial charge in [0.2, 0.25) is 0 Å². The maximum absolute atomic E-state index is 13.8. The zero-order valence-electron chi connectivity index (χ0n) is 22.6. The van der Waals surface area contributed by atoms with Crippen molar-refractivity contribution in [3.63, 3.8) is 0 Å². The van der Waals surface area contributed by atoms with E-state index >= 15 is 0 Å². The van der Waals surface area contributed by atoms with Crippen LogP contribution in [-0.4, -0.2) is 61.0 Å². The predicted molar refractivity (Wildman–Crippen MR) is 161 cm³/mol. The Hall–Kier alpha value is -3.82. The zero-order chi connectivity index (χ0) is 29.4. The van der Waals surface area contributed by atoms with E-state index in [9.17, 15) is 18.8 Å². The minimum absolute atomic E-state index is 0.116. The molecule has 11 heteroatoms. The molecule has 41 heavy (non-hydrogen) atoms. The Labute approximate surface area is 248 Å². The van der Waals surface area contributed by atoms with E-state index in [-0.39, 0.29) is 11.6 Å². The van der Waals surface area contributed by atoms with Crippen LogP contribution in [0.3, 0.4) is 0 Å².